The third kappa shape index (κ3) is 7.23. The van der Waals surface area contributed by atoms with E-state index < -0.39 is 29.4 Å². The topological polar surface area (TPSA) is 136 Å². The van der Waals surface area contributed by atoms with Crippen molar-refractivity contribution in [3.05, 3.63) is 87.1 Å². The van der Waals surface area contributed by atoms with Crippen molar-refractivity contribution in [1.29, 1.82) is 0 Å². The van der Waals surface area contributed by atoms with Crippen LogP contribution >= 0.6 is 0 Å². The van der Waals surface area contributed by atoms with Gasteiger partial charge in [0.15, 0.2) is 0 Å². The molecule has 41 heavy (non-hydrogen) atoms. The van der Waals surface area contributed by atoms with Crippen LogP contribution in [0.15, 0.2) is 70.3 Å². The summed E-state index contributed by atoms with van der Waals surface area (Å²) in [7, 11) is 0. The molecule has 2 aliphatic heterocycles. The molecule has 13 heteroatoms. The molecule has 2 saturated heterocycles. The highest BCUT2D eigenvalue weighted by molar-refractivity contribution is 5.89. The zero-order chi connectivity index (χ0) is 29.7. The van der Waals surface area contributed by atoms with Gasteiger partial charge < -0.3 is 20.1 Å². The van der Waals surface area contributed by atoms with Gasteiger partial charge in [-0.1, -0.05) is 12.1 Å². The van der Waals surface area contributed by atoms with Crippen molar-refractivity contribution in [2.24, 2.45) is 0 Å². The van der Waals surface area contributed by atoms with E-state index >= 15 is 0 Å². The minimum Gasteiger partial charge on any atom is -0.478 e. The Bertz CT molecular complexity index is 1520. The predicted molar refractivity (Wildman–Crippen MR) is 145 cm³/mol. The van der Waals surface area contributed by atoms with Gasteiger partial charge in [0.1, 0.15) is 0 Å². The van der Waals surface area contributed by atoms with Crippen LogP contribution in [-0.4, -0.2) is 68.3 Å². The van der Waals surface area contributed by atoms with Crippen molar-refractivity contribution in [3.63, 3.8) is 0 Å². The Morgan fingerprint density at radius 2 is 1.49 bits per heavy atom. The number of anilines is 1. The number of carboxylic acids is 2. The van der Waals surface area contributed by atoms with Crippen LogP contribution in [0.1, 0.15) is 24.8 Å². The summed E-state index contributed by atoms with van der Waals surface area (Å²) in [5, 5.41) is 16.1. The average Bonchev–Trinajstić information content (AvgIpc) is 3.15. The van der Waals surface area contributed by atoms with Crippen molar-refractivity contribution < 1.29 is 33.0 Å². The predicted octanol–water partition coefficient (Wildman–Crippen LogP) is 3.16. The van der Waals surface area contributed by atoms with E-state index in [2.05, 4.69) is 14.8 Å². The molecule has 0 amide bonds. The molecule has 3 aromatic rings. The van der Waals surface area contributed by atoms with Gasteiger partial charge in [-0.15, -0.1) is 0 Å². The van der Waals surface area contributed by atoms with Crippen LogP contribution in [0.4, 0.5) is 18.9 Å². The lowest BCUT2D eigenvalue weighted by Gasteiger charge is -2.42. The molecule has 3 heterocycles. The molecule has 10 nitrogen and oxygen atoms in total. The molecule has 2 atom stereocenters. The number of carbonyl (C=O) groups is 2. The monoisotopic (exact) mass is 574 g/mol. The van der Waals surface area contributed by atoms with Gasteiger partial charge >= 0.3 is 23.8 Å². The SMILES string of the molecule is O=C(O)/C=C\C(=O)O.O=c1[nH]c2ccccc2c(=O)n1CCCN1C2CCC1CN(c1ccc(C(F)(F)F)cc1)C2. The standard InChI is InChI=1S/C24H25F3N4O2.C4H4O4/c25-24(26,27)16-6-8-17(9-7-16)29-14-18-10-11-19(15-29)30(18)12-3-13-31-22(32)20-4-1-2-5-21(20)28-23(31)33;5-3(6)1-2-4(7)8/h1-2,4-9,18-19H,3,10-15H2,(H,28,33);1-2H,(H,5,6)(H,7,8)/b;2-1-. The lowest BCUT2D eigenvalue weighted by atomic mass is 10.1. The van der Waals surface area contributed by atoms with Crippen molar-refractivity contribution in [3.8, 4) is 0 Å². The van der Waals surface area contributed by atoms with Gasteiger partial charge in [-0.3, -0.25) is 14.3 Å². The molecule has 0 spiro atoms. The molecule has 0 radical (unpaired) electrons. The molecule has 1 aromatic heterocycles. The van der Waals surface area contributed by atoms with E-state index in [1.165, 1.54) is 4.57 Å². The molecule has 0 aliphatic carbocycles. The van der Waals surface area contributed by atoms with Crippen LogP contribution < -0.4 is 16.1 Å². The number of H-pyrrole nitrogens is 1. The van der Waals surface area contributed by atoms with Crippen LogP contribution in [0.3, 0.4) is 0 Å². The number of para-hydroxylation sites is 1. The Balaban J connectivity index is 0.000000426. The molecule has 0 saturated carbocycles. The van der Waals surface area contributed by atoms with Crippen molar-refractivity contribution in [1.82, 2.24) is 14.5 Å². The maximum Gasteiger partial charge on any atom is 0.416 e. The molecule has 2 bridgehead atoms. The van der Waals surface area contributed by atoms with Gasteiger partial charge in [0.05, 0.1) is 16.5 Å². The summed E-state index contributed by atoms with van der Waals surface area (Å²) in [4.78, 5) is 51.6. The molecule has 5 rings (SSSR count). The normalized spacial score (nSPS) is 18.9. The van der Waals surface area contributed by atoms with Crippen LogP contribution in [0, 0.1) is 0 Å². The smallest absolute Gasteiger partial charge is 0.416 e. The molecular formula is C28H29F3N4O6. The maximum absolute atomic E-state index is 12.9. The van der Waals surface area contributed by atoms with Gasteiger partial charge in [-0.25, -0.2) is 14.4 Å². The first-order valence-corrected chi connectivity index (χ1v) is 13.0. The minimum absolute atomic E-state index is 0.274. The highest BCUT2D eigenvalue weighted by atomic mass is 19.4. The fourth-order valence-electron chi connectivity index (χ4n) is 5.38. The summed E-state index contributed by atoms with van der Waals surface area (Å²) in [6.45, 7) is 2.64. The van der Waals surface area contributed by atoms with Crippen LogP contribution in [0.2, 0.25) is 0 Å². The number of hydrogen-bond donors (Lipinski definition) is 3. The van der Waals surface area contributed by atoms with Crippen LogP contribution in [0.25, 0.3) is 10.9 Å². The molecule has 3 N–H and O–H groups in total. The van der Waals surface area contributed by atoms with E-state index in [9.17, 15) is 32.3 Å². The summed E-state index contributed by atoms with van der Waals surface area (Å²) in [5.74, 6) is -2.51. The average molecular weight is 575 g/mol. The van der Waals surface area contributed by atoms with E-state index in [-0.39, 0.29) is 5.56 Å². The third-order valence-corrected chi connectivity index (χ3v) is 7.25. The number of hydrogen-bond acceptors (Lipinski definition) is 6. The number of benzene rings is 2. The quantitative estimate of drug-likeness (QED) is 0.366. The largest absolute Gasteiger partial charge is 0.478 e. The van der Waals surface area contributed by atoms with Gasteiger partial charge in [-0.05, 0) is 55.7 Å². The molecule has 2 fully saturated rings. The second-order valence-corrected chi connectivity index (χ2v) is 9.87. The Hall–Kier alpha value is -4.39. The first-order chi connectivity index (χ1) is 19.4. The summed E-state index contributed by atoms with van der Waals surface area (Å²) >= 11 is 0. The van der Waals surface area contributed by atoms with Crippen molar-refractivity contribution in [2.75, 3.05) is 24.5 Å². The van der Waals surface area contributed by atoms with E-state index in [1.54, 1.807) is 36.4 Å². The summed E-state index contributed by atoms with van der Waals surface area (Å²) in [6.07, 6.45) is -0.457. The fraction of sp³-hybridized carbons (Fsp3) is 0.357. The number of aliphatic carboxylic acids is 2. The highest BCUT2D eigenvalue weighted by Gasteiger charge is 2.39. The van der Waals surface area contributed by atoms with Gasteiger partial charge in [-0.2, -0.15) is 13.2 Å². The van der Waals surface area contributed by atoms with E-state index in [0.717, 1.165) is 50.3 Å². The number of nitrogens with one attached hydrogen (secondary N) is 1. The number of aromatic amines is 1. The lowest BCUT2D eigenvalue weighted by Crippen LogP contribution is -2.54. The van der Waals surface area contributed by atoms with E-state index in [1.807, 2.05) is 0 Å². The Morgan fingerprint density at radius 3 is 2.05 bits per heavy atom. The molecule has 2 aliphatic rings. The highest BCUT2D eigenvalue weighted by Crippen LogP contribution is 2.34. The molecule has 2 unspecified atom stereocenters. The third-order valence-electron chi connectivity index (χ3n) is 7.25. The van der Waals surface area contributed by atoms with Gasteiger partial charge in [0, 0.05) is 56.1 Å². The van der Waals surface area contributed by atoms with Crippen molar-refractivity contribution in [2.45, 2.75) is 44.1 Å². The number of fused-ring (bicyclic) bond motifs is 3. The Morgan fingerprint density at radius 1 is 0.902 bits per heavy atom. The second kappa shape index (κ2) is 12.4. The molecule has 218 valence electrons. The number of carboxylic acid groups (broad SMARTS) is 2. The molecule has 2 aromatic carbocycles. The fourth-order valence-corrected chi connectivity index (χ4v) is 5.38. The van der Waals surface area contributed by atoms with Gasteiger partial charge in [0.2, 0.25) is 0 Å². The Kier molecular flexibility index (Phi) is 8.96. The minimum atomic E-state index is -4.33. The number of rotatable bonds is 7. The second-order valence-electron chi connectivity index (χ2n) is 9.87. The summed E-state index contributed by atoms with van der Waals surface area (Å²) in [5.41, 5.74) is 0.0556. The van der Waals surface area contributed by atoms with E-state index in [4.69, 9.17) is 10.2 Å². The van der Waals surface area contributed by atoms with Crippen LogP contribution in [-0.2, 0) is 22.3 Å². The number of nitrogens with zero attached hydrogens (tertiary/aromatic N) is 3. The summed E-state index contributed by atoms with van der Waals surface area (Å²) < 4.78 is 39.8. The number of alkyl halides is 3. The number of piperazine rings is 1. The molecular weight excluding hydrogens is 545 g/mol. The van der Waals surface area contributed by atoms with Crippen LogP contribution in [0.5, 0.6) is 0 Å². The lowest BCUT2D eigenvalue weighted by molar-refractivity contribution is -0.137. The first-order valence-electron chi connectivity index (χ1n) is 13.0. The van der Waals surface area contributed by atoms with Gasteiger partial charge in [0.25, 0.3) is 5.56 Å². The summed E-state index contributed by atoms with van der Waals surface area (Å²) in [6, 6.07) is 13.0. The maximum atomic E-state index is 12.9. The number of halogens is 3. The zero-order valence-electron chi connectivity index (χ0n) is 21.9. The zero-order valence-corrected chi connectivity index (χ0v) is 21.9. The van der Waals surface area contributed by atoms with E-state index in [0.29, 0.717) is 48.1 Å². The first kappa shape index (κ1) is 29.6. The number of aromatic nitrogens is 2. The van der Waals surface area contributed by atoms with Crippen molar-refractivity contribution >= 4 is 28.5 Å². The Labute approximate surface area is 231 Å².